The summed E-state index contributed by atoms with van der Waals surface area (Å²) in [6.07, 6.45) is 3.72. The molecule has 1 aromatic heterocycles. The van der Waals surface area contributed by atoms with Crippen LogP contribution in [0.4, 0.5) is 5.95 Å². The monoisotopic (exact) mass is 249 g/mol. The Balaban J connectivity index is 2.05. The van der Waals surface area contributed by atoms with Crippen LogP contribution in [0.15, 0.2) is 18.2 Å². The average molecular weight is 250 g/mol. The molecule has 0 saturated heterocycles. The van der Waals surface area contributed by atoms with Gasteiger partial charge in [-0.15, -0.1) is 0 Å². The van der Waals surface area contributed by atoms with Gasteiger partial charge in [0.25, 0.3) is 0 Å². The molecule has 2 aromatic rings. The van der Waals surface area contributed by atoms with E-state index in [-0.39, 0.29) is 0 Å². The Kier molecular flexibility index (Phi) is 2.51. The first-order valence-electron chi connectivity index (χ1n) is 6.14. The Morgan fingerprint density at radius 1 is 1.53 bits per heavy atom. The van der Waals surface area contributed by atoms with E-state index in [1.54, 1.807) is 0 Å². The maximum absolute atomic E-state index is 6.13. The standard InChI is InChI=1S/C13H16ClN3/c1-2-4-8-7-11(8)17-10-6-3-5-9(14)12(10)16-13(17)15/h3,5-6,8,11H,2,4,7H2,1H3,(H2,15,16). The van der Waals surface area contributed by atoms with Gasteiger partial charge in [-0.3, -0.25) is 0 Å². The molecule has 1 aliphatic carbocycles. The van der Waals surface area contributed by atoms with E-state index in [4.69, 9.17) is 17.3 Å². The minimum absolute atomic E-state index is 0.526. The molecule has 0 amide bonds. The number of nitrogens with two attached hydrogens (primary N) is 1. The maximum atomic E-state index is 6.13. The third-order valence-corrected chi connectivity index (χ3v) is 3.88. The van der Waals surface area contributed by atoms with Gasteiger partial charge >= 0.3 is 0 Å². The SMILES string of the molecule is CCCC1CC1n1c(N)nc2c(Cl)cccc21. The fraction of sp³-hybridized carbons (Fsp3) is 0.462. The van der Waals surface area contributed by atoms with Gasteiger partial charge in [-0.25, -0.2) is 4.98 Å². The van der Waals surface area contributed by atoms with Crippen molar-refractivity contribution in [2.75, 3.05) is 5.73 Å². The summed E-state index contributed by atoms with van der Waals surface area (Å²) in [5, 5.41) is 0.681. The number of para-hydroxylation sites is 1. The lowest BCUT2D eigenvalue weighted by Gasteiger charge is -2.05. The first kappa shape index (κ1) is 10.9. The van der Waals surface area contributed by atoms with Gasteiger partial charge in [0.15, 0.2) is 0 Å². The Hall–Kier alpha value is -1.22. The summed E-state index contributed by atoms with van der Waals surface area (Å²) in [4.78, 5) is 4.38. The van der Waals surface area contributed by atoms with Crippen LogP contribution in [0.1, 0.15) is 32.2 Å². The van der Waals surface area contributed by atoms with Gasteiger partial charge in [0.05, 0.1) is 10.5 Å². The lowest BCUT2D eigenvalue weighted by atomic mass is 10.2. The lowest BCUT2D eigenvalue weighted by Crippen LogP contribution is -2.02. The summed E-state index contributed by atoms with van der Waals surface area (Å²) in [7, 11) is 0. The Morgan fingerprint density at radius 3 is 3.12 bits per heavy atom. The Labute approximate surface area is 106 Å². The third kappa shape index (κ3) is 1.69. The van der Waals surface area contributed by atoms with Gasteiger partial charge in [-0.05, 0) is 30.9 Å². The van der Waals surface area contributed by atoms with E-state index in [9.17, 15) is 0 Å². The zero-order valence-corrected chi connectivity index (χ0v) is 10.6. The van der Waals surface area contributed by atoms with E-state index in [0.29, 0.717) is 17.0 Å². The molecule has 0 aliphatic heterocycles. The van der Waals surface area contributed by atoms with Crippen LogP contribution in [-0.4, -0.2) is 9.55 Å². The van der Waals surface area contributed by atoms with E-state index >= 15 is 0 Å². The minimum Gasteiger partial charge on any atom is -0.369 e. The number of nitrogen functional groups attached to an aromatic ring is 1. The summed E-state index contributed by atoms with van der Waals surface area (Å²) in [5.41, 5.74) is 7.91. The number of halogens is 1. The number of nitrogens with zero attached hydrogens (tertiary/aromatic N) is 2. The van der Waals surface area contributed by atoms with Crippen LogP contribution >= 0.6 is 11.6 Å². The fourth-order valence-electron chi connectivity index (χ4n) is 2.68. The summed E-state index contributed by atoms with van der Waals surface area (Å²) in [5.74, 6) is 1.36. The average Bonchev–Trinajstić information content (AvgIpc) is 2.94. The van der Waals surface area contributed by atoms with E-state index < -0.39 is 0 Å². The fourth-order valence-corrected chi connectivity index (χ4v) is 2.89. The number of hydrogen-bond acceptors (Lipinski definition) is 2. The second-order valence-electron chi connectivity index (χ2n) is 4.80. The molecule has 2 atom stereocenters. The highest BCUT2D eigenvalue weighted by molar-refractivity contribution is 6.35. The molecule has 4 heteroatoms. The highest BCUT2D eigenvalue weighted by Gasteiger charge is 2.39. The second-order valence-corrected chi connectivity index (χ2v) is 5.21. The maximum Gasteiger partial charge on any atom is 0.201 e. The number of anilines is 1. The molecular formula is C13H16ClN3. The number of hydrogen-bond donors (Lipinski definition) is 1. The van der Waals surface area contributed by atoms with Crippen molar-refractivity contribution in [3.63, 3.8) is 0 Å². The first-order chi connectivity index (χ1) is 8.22. The highest BCUT2D eigenvalue weighted by Crippen LogP contribution is 2.49. The molecule has 1 heterocycles. The molecule has 1 aromatic carbocycles. The molecular weight excluding hydrogens is 234 g/mol. The molecule has 3 nitrogen and oxygen atoms in total. The Bertz CT molecular complexity index is 561. The van der Waals surface area contributed by atoms with Crippen molar-refractivity contribution < 1.29 is 0 Å². The topological polar surface area (TPSA) is 43.8 Å². The van der Waals surface area contributed by atoms with Crippen LogP contribution in [0.3, 0.4) is 0 Å². The van der Waals surface area contributed by atoms with Crippen molar-refractivity contribution in [1.82, 2.24) is 9.55 Å². The molecule has 1 saturated carbocycles. The van der Waals surface area contributed by atoms with E-state index in [1.165, 1.54) is 19.3 Å². The van der Waals surface area contributed by atoms with E-state index in [1.807, 2.05) is 18.2 Å². The highest BCUT2D eigenvalue weighted by atomic mass is 35.5. The smallest absolute Gasteiger partial charge is 0.201 e. The van der Waals surface area contributed by atoms with Crippen LogP contribution in [0, 0.1) is 5.92 Å². The van der Waals surface area contributed by atoms with Crippen LogP contribution in [0.25, 0.3) is 11.0 Å². The number of benzene rings is 1. The summed E-state index contributed by atoms with van der Waals surface area (Å²) in [6.45, 7) is 2.22. The molecule has 1 aliphatic rings. The number of imidazole rings is 1. The predicted molar refractivity (Wildman–Crippen MR) is 71.2 cm³/mol. The zero-order chi connectivity index (χ0) is 12.0. The summed E-state index contributed by atoms with van der Waals surface area (Å²) in [6, 6.07) is 6.39. The number of fused-ring (bicyclic) bond motifs is 1. The minimum atomic E-state index is 0.526. The normalized spacial score (nSPS) is 23.2. The molecule has 0 radical (unpaired) electrons. The second kappa shape index (κ2) is 3.91. The van der Waals surface area contributed by atoms with E-state index in [0.717, 1.165) is 17.0 Å². The van der Waals surface area contributed by atoms with Crippen LogP contribution in [-0.2, 0) is 0 Å². The van der Waals surface area contributed by atoms with Gasteiger partial charge < -0.3 is 10.3 Å². The van der Waals surface area contributed by atoms with Crippen LogP contribution in [0.5, 0.6) is 0 Å². The molecule has 0 bridgehead atoms. The molecule has 0 spiro atoms. The third-order valence-electron chi connectivity index (χ3n) is 3.57. The van der Waals surface area contributed by atoms with Crippen molar-refractivity contribution >= 4 is 28.6 Å². The van der Waals surface area contributed by atoms with Gasteiger partial charge in [0, 0.05) is 6.04 Å². The largest absolute Gasteiger partial charge is 0.369 e. The van der Waals surface area contributed by atoms with Crippen molar-refractivity contribution in [2.24, 2.45) is 5.92 Å². The van der Waals surface area contributed by atoms with Crippen molar-refractivity contribution in [1.29, 1.82) is 0 Å². The molecule has 1 fully saturated rings. The first-order valence-corrected chi connectivity index (χ1v) is 6.52. The molecule has 3 rings (SSSR count). The molecule has 2 unspecified atom stereocenters. The van der Waals surface area contributed by atoms with Gasteiger partial charge in [0.2, 0.25) is 5.95 Å². The van der Waals surface area contributed by atoms with Gasteiger partial charge in [-0.1, -0.05) is 31.0 Å². The van der Waals surface area contributed by atoms with Gasteiger partial charge in [0.1, 0.15) is 5.52 Å². The van der Waals surface area contributed by atoms with Crippen molar-refractivity contribution in [3.8, 4) is 0 Å². The number of rotatable bonds is 3. The van der Waals surface area contributed by atoms with Crippen LogP contribution < -0.4 is 5.73 Å². The quantitative estimate of drug-likeness (QED) is 0.903. The lowest BCUT2D eigenvalue weighted by molar-refractivity contribution is 0.622. The van der Waals surface area contributed by atoms with Gasteiger partial charge in [-0.2, -0.15) is 0 Å². The van der Waals surface area contributed by atoms with E-state index in [2.05, 4.69) is 16.5 Å². The molecule has 17 heavy (non-hydrogen) atoms. The summed E-state index contributed by atoms with van der Waals surface area (Å²) >= 11 is 6.13. The summed E-state index contributed by atoms with van der Waals surface area (Å²) < 4.78 is 2.15. The molecule has 2 N–H and O–H groups in total. The van der Waals surface area contributed by atoms with Crippen molar-refractivity contribution in [3.05, 3.63) is 23.2 Å². The Morgan fingerprint density at radius 2 is 2.35 bits per heavy atom. The molecule has 90 valence electrons. The number of aromatic nitrogens is 2. The van der Waals surface area contributed by atoms with Crippen molar-refractivity contribution in [2.45, 2.75) is 32.2 Å². The predicted octanol–water partition coefficient (Wildman–Crippen LogP) is 3.63. The van der Waals surface area contributed by atoms with Crippen LogP contribution in [0.2, 0.25) is 5.02 Å². The zero-order valence-electron chi connectivity index (χ0n) is 9.86.